The van der Waals surface area contributed by atoms with Gasteiger partial charge in [-0.05, 0) is 55.8 Å². The summed E-state index contributed by atoms with van der Waals surface area (Å²) in [7, 11) is 0. The maximum Gasteiger partial charge on any atom is 0.328 e. The average Bonchev–Trinajstić information content (AvgIpc) is 2.83. The Morgan fingerprint density at radius 1 is 0.909 bits per heavy atom. The van der Waals surface area contributed by atoms with Crippen molar-refractivity contribution in [3.05, 3.63) is 69.4 Å². The van der Waals surface area contributed by atoms with Crippen LogP contribution in [0.2, 0.25) is 0 Å². The summed E-state index contributed by atoms with van der Waals surface area (Å²) in [6.45, 7) is 7.84. The molecule has 0 saturated carbocycles. The molecule has 1 N–H and O–H groups in total. The Morgan fingerprint density at radius 2 is 1.61 bits per heavy atom. The van der Waals surface area contributed by atoms with E-state index in [1.165, 1.54) is 21.6 Å². The van der Waals surface area contributed by atoms with Crippen molar-refractivity contribution >= 4 is 40.8 Å². The number of unbranched alkanes of at least 4 members (excludes halogenated alkanes) is 1. The molecule has 4 rings (SSSR count). The molecule has 3 aromatic rings. The Morgan fingerprint density at radius 3 is 2.39 bits per heavy atom. The lowest BCUT2D eigenvalue weighted by molar-refractivity contribution is 0.250. The van der Waals surface area contributed by atoms with E-state index in [0.717, 1.165) is 51.3 Å². The van der Waals surface area contributed by atoms with Gasteiger partial charge >= 0.3 is 5.69 Å². The second-order valence-corrected chi connectivity index (χ2v) is 9.42. The van der Waals surface area contributed by atoms with E-state index in [2.05, 4.69) is 46.0 Å². The predicted octanol–water partition coefficient (Wildman–Crippen LogP) is 4.22. The lowest BCUT2D eigenvalue weighted by Gasteiger charge is -2.37. The lowest BCUT2D eigenvalue weighted by atomic mass is 10.2. The molecule has 0 bridgehead atoms. The summed E-state index contributed by atoms with van der Waals surface area (Å²) in [5.74, 6) is 1.15. The van der Waals surface area contributed by atoms with E-state index in [1.54, 1.807) is 12.1 Å². The van der Waals surface area contributed by atoms with Crippen LogP contribution in [0.15, 0.2) is 63.0 Å². The Hall–Kier alpha value is -2.22. The number of aromatic nitrogens is 2. The monoisotopic (exact) mass is 488 g/mol. The van der Waals surface area contributed by atoms with Gasteiger partial charge in [-0.25, -0.2) is 4.79 Å². The Kier molecular flexibility index (Phi) is 9.47. The Balaban J connectivity index is 0.00000306. The van der Waals surface area contributed by atoms with Crippen molar-refractivity contribution in [2.75, 3.05) is 43.4 Å². The van der Waals surface area contributed by atoms with E-state index in [0.29, 0.717) is 17.4 Å². The van der Waals surface area contributed by atoms with Crippen LogP contribution >= 0.6 is 24.2 Å². The van der Waals surface area contributed by atoms with Crippen LogP contribution in [0.3, 0.4) is 0 Å². The minimum Gasteiger partial charge on any atom is -0.368 e. The van der Waals surface area contributed by atoms with Crippen LogP contribution in [0.1, 0.15) is 26.2 Å². The van der Waals surface area contributed by atoms with Crippen molar-refractivity contribution in [3.8, 4) is 0 Å². The minimum absolute atomic E-state index is 0. The van der Waals surface area contributed by atoms with Crippen LogP contribution in [0.5, 0.6) is 0 Å². The molecular weight excluding hydrogens is 456 g/mol. The first-order chi connectivity index (χ1) is 15.7. The van der Waals surface area contributed by atoms with Gasteiger partial charge in [-0.2, -0.15) is 0 Å². The van der Waals surface area contributed by atoms with Crippen LogP contribution in [0, 0.1) is 0 Å². The van der Waals surface area contributed by atoms with Crippen molar-refractivity contribution in [1.29, 1.82) is 0 Å². The fraction of sp³-hybridized carbons (Fsp3) is 0.440. The highest BCUT2D eigenvalue weighted by Gasteiger charge is 2.19. The van der Waals surface area contributed by atoms with Crippen LogP contribution in [-0.4, -0.2) is 52.9 Å². The first-order valence-corrected chi connectivity index (χ1v) is 12.6. The van der Waals surface area contributed by atoms with Crippen molar-refractivity contribution in [2.45, 2.75) is 37.6 Å². The molecule has 0 atom stereocenters. The van der Waals surface area contributed by atoms with Gasteiger partial charge in [-0.3, -0.25) is 14.3 Å². The van der Waals surface area contributed by atoms with Gasteiger partial charge in [0.1, 0.15) is 0 Å². The highest BCUT2D eigenvalue weighted by molar-refractivity contribution is 7.99. The third-order valence-electron chi connectivity index (χ3n) is 6.04. The summed E-state index contributed by atoms with van der Waals surface area (Å²) in [5.41, 5.74) is 1.45. The summed E-state index contributed by atoms with van der Waals surface area (Å²) in [6.07, 6.45) is 2.98. The number of rotatable bonds is 9. The number of H-pyrrole nitrogens is 1. The Labute approximate surface area is 205 Å². The lowest BCUT2D eigenvalue weighted by Crippen LogP contribution is -2.46. The number of nitrogens with zero attached hydrogens (tertiary/aromatic N) is 3. The van der Waals surface area contributed by atoms with Gasteiger partial charge in [0.25, 0.3) is 5.56 Å². The molecule has 2 aromatic carbocycles. The summed E-state index contributed by atoms with van der Waals surface area (Å²) >= 11 is 1.95. The molecule has 1 saturated heterocycles. The van der Waals surface area contributed by atoms with Gasteiger partial charge in [0.05, 0.1) is 16.6 Å². The van der Waals surface area contributed by atoms with Gasteiger partial charge in [-0.15, -0.1) is 24.2 Å². The third kappa shape index (κ3) is 6.22. The fourth-order valence-corrected chi connectivity index (χ4v) is 5.22. The van der Waals surface area contributed by atoms with Gasteiger partial charge in [0, 0.05) is 37.6 Å². The third-order valence-corrected chi connectivity index (χ3v) is 7.30. The summed E-state index contributed by atoms with van der Waals surface area (Å²) in [5, 5.41) is 0.570. The van der Waals surface area contributed by atoms with Crippen LogP contribution in [0.25, 0.3) is 10.9 Å². The number of hydrogen-bond acceptors (Lipinski definition) is 5. The smallest absolute Gasteiger partial charge is 0.328 e. The molecule has 0 spiro atoms. The number of fused-ring (bicyclic) bond motifs is 1. The number of anilines is 1. The van der Waals surface area contributed by atoms with E-state index >= 15 is 0 Å². The summed E-state index contributed by atoms with van der Waals surface area (Å²) in [6, 6.07) is 15.9. The number of benzene rings is 2. The van der Waals surface area contributed by atoms with Gasteiger partial charge in [-0.1, -0.05) is 31.2 Å². The van der Waals surface area contributed by atoms with Crippen molar-refractivity contribution < 1.29 is 0 Å². The molecule has 8 heteroatoms. The SMILES string of the molecule is CCCSc1ccccc1N1CCN(CCCCn2c(=O)[nH]c3ccccc3c2=O)CC1.Cl. The van der Waals surface area contributed by atoms with E-state index < -0.39 is 0 Å². The molecule has 1 aliphatic rings. The minimum atomic E-state index is -0.318. The highest BCUT2D eigenvalue weighted by atomic mass is 35.5. The van der Waals surface area contributed by atoms with Crippen molar-refractivity contribution in [1.82, 2.24) is 14.5 Å². The van der Waals surface area contributed by atoms with Gasteiger partial charge in [0.15, 0.2) is 0 Å². The fourth-order valence-electron chi connectivity index (χ4n) is 4.27. The molecule has 6 nitrogen and oxygen atoms in total. The number of piperazine rings is 1. The normalized spacial score (nSPS) is 14.4. The van der Waals surface area contributed by atoms with Crippen LogP contribution in [-0.2, 0) is 6.54 Å². The van der Waals surface area contributed by atoms with E-state index in [9.17, 15) is 9.59 Å². The van der Waals surface area contributed by atoms with E-state index in [-0.39, 0.29) is 23.7 Å². The first-order valence-electron chi connectivity index (χ1n) is 11.6. The molecular formula is C25H33ClN4O2S. The molecule has 2 heterocycles. The molecule has 33 heavy (non-hydrogen) atoms. The topological polar surface area (TPSA) is 61.3 Å². The van der Waals surface area contributed by atoms with Crippen molar-refractivity contribution in [2.24, 2.45) is 0 Å². The number of hydrogen-bond donors (Lipinski definition) is 1. The molecule has 0 amide bonds. The largest absolute Gasteiger partial charge is 0.368 e. The van der Waals surface area contributed by atoms with Gasteiger partial charge in [0.2, 0.25) is 0 Å². The molecule has 178 valence electrons. The standard InChI is InChI=1S/C25H32N4O2S.ClH/c1-2-19-32-23-12-6-5-11-22(23)28-17-15-27(16-18-28)13-7-8-14-29-24(30)20-9-3-4-10-21(20)26-25(29)31;/h3-6,9-12H,2,7-8,13-19H2,1H3,(H,26,31);1H. The molecule has 1 aliphatic heterocycles. The maximum atomic E-state index is 12.6. The second kappa shape index (κ2) is 12.3. The maximum absolute atomic E-state index is 12.6. The van der Waals surface area contributed by atoms with Crippen LogP contribution in [0.4, 0.5) is 5.69 Å². The number of para-hydroxylation sites is 2. The zero-order valence-electron chi connectivity index (χ0n) is 19.2. The predicted molar refractivity (Wildman–Crippen MR) is 141 cm³/mol. The number of aromatic amines is 1. The highest BCUT2D eigenvalue weighted by Crippen LogP contribution is 2.31. The molecule has 0 radical (unpaired) electrons. The Bertz CT molecular complexity index is 1150. The molecule has 1 fully saturated rings. The zero-order valence-corrected chi connectivity index (χ0v) is 20.8. The summed E-state index contributed by atoms with van der Waals surface area (Å²) in [4.78, 5) is 34.1. The van der Waals surface area contributed by atoms with Gasteiger partial charge < -0.3 is 9.88 Å². The average molecular weight is 489 g/mol. The molecule has 0 aliphatic carbocycles. The number of nitrogens with one attached hydrogen (secondary N) is 1. The van der Waals surface area contributed by atoms with Crippen LogP contribution < -0.4 is 16.1 Å². The van der Waals surface area contributed by atoms with E-state index in [1.807, 2.05) is 23.9 Å². The first kappa shape index (κ1) is 25.4. The van der Waals surface area contributed by atoms with Crippen molar-refractivity contribution in [3.63, 3.8) is 0 Å². The number of halogens is 1. The summed E-state index contributed by atoms with van der Waals surface area (Å²) < 4.78 is 1.34. The quantitative estimate of drug-likeness (QED) is 0.361. The molecule has 0 unspecified atom stereocenters. The zero-order chi connectivity index (χ0) is 22.3. The van der Waals surface area contributed by atoms with E-state index in [4.69, 9.17) is 0 Å². The number of thioether (sulfide) groups is 1. The molecule has 1 aromatic heterocycles. The second-order valence-electron chi connectivity index (χ2n) is 8.28.